The molecule has 6 heteroatoms. The molecule has 0 spiro atoms. The molecule has 2 aromatic rings. The summed E-state index contributed by atoms with van der Waals surface area (Å²) in [7, 11) is 1.82. The number of nitrogens with two attached hydrogens (primary N) is 1. The number of halogens is 2. The minimum absolute atomic E-state index is 0.258. The Morgan fingerprint density at radius 1 is 1.48 bits per heavy atom. The lowest BCUT2D eigenvalue weighted by atomic mass is 10.1. The van der Waals surface area contributed by atoms with Crippen LogP contribution in [-0.4, -0.2) is 9.78 Å². The largest absolute Gasteiger partial charge is 0.487 e. The first-order valence-corrected chi connectivity index (χ1v) is 7.19. The highest BCUT2D eigenvalue weighted by Gasteiger charge is 2.15. The van der Waals surface area contributed by atoms with Crippen molar-refractivity contribution in [2.45, 2.75) is 32.9 Å². The number of benzene rings is 1. The van der Waals surface area contributed by atoms with Gasteiger partial charge in [-0.3, -0.25) is 4.68 Å². The molecule has 0 fully saturated rings. The van der Waals surface area contributed by atoms with Crippen LogP contribution in [0.25, 0.3) is 0 Å². The van der Waals surface area contributed by atoms with Crippen molar-refractivity contribution in [3.8, 4) is 5.75 Å². The van der Waals surface area contributed by atoms with Gasteiger partial charge < -0.3 is 10.5 Å². The van der Waals surface area contributed by atoms with Crippen molar-refractivity contribution >= 4 is 11.6 Å². The Balaban J connectivity index is 2.23. The van der Waals surface area contributed by atoms with Crippen LogP contribution in [0.1, 0.15) is 36.8 Å². The number of aromatic nitrogens is 2. The van der Waals surface area contributed by atoms with Crippen molar-refractivity contribution in [1.29, 1.82) is 0 Å². The quantitative estimate of drug-likeness (QED) is 0.921. The van der Waals surface area contributed by atoms with Crippen molar-refractivity contribution in [2.75, 3.05) is 0 Å². The third-order valence-corrected chi connectivity index (χ3v) is 3.77. The Morgan fingerprint density at radius 3 is 2.76 bits per heavy atom. The van der Waals surface area contributed by atoms with Crippen LogP contribution < -0.4 is 10.5 Å². The van der Waals surface area contributed by atoms with Crippen molar-refractivity contribution in [3.63, 3.8) is 0 Å². The van der Waals surface area contributed by atoms with Gasteiger partial charge in [0.15, 0.2) is 0 Å². The normalized spacial score (nSPS) is 12.5. The van der Waals surface area contributed by atoms with Crippen LogP contribution >= 0.6 is 11.6 Å². The van der Waals surface area contributed by atoms with Crippen LogP contribution in [0.3, 0.4) is 0 Å². The zero-order valence-electron chi connectivity index (χ0n) is 12.4. The van der Waals surface area contributed by atoms with Crippen LogP contribution in [-0.2, 0) is 20.1 Å². The molecule has 0 aliphatic carbocycles. The van der Waals surface area contributed by atoms with Gasteiger partial charge in [0.05, 0.1) is 16.4 Å². The van der Waals surface area contributed by atoms with Crippen LogP contribution in [0.4, 0.5) is 4.39 Å². The average Bonchev–Trinajstić information content (AvgIpc) is 2.72. The van der Waals surface area contributed by atoms with Gasteiger partial charge in [0, 0.05) is 18.7 Å². The van der Waals surface area contributed by atoms with E-state index in [2.05, 4.69) is 5.10 Å². The first kappa shape index (κ1) is 15.8. The lowest BCUT2D eigenvalue weighted by Gasteiger charge is -2.14. The van der Waals surface area contributed by atoms with Gasteiger partial charge in [-0.2, -0.15) is 5.10 Å². The summed E-state index contributed by atoms with van der Waals surface area (Å²) in [6, 6.07) is 4.01. The van der Waals surface area contributed by atoms with E-state index in [4.69, 9.17) is 22.1 Å². The van der Waals surface area contributed by atoms with Crippen molar-refractivity contribution < 1.29 is 9.13 Å². The molecule has 1 atom stereocenters. The third-order valence-electron chi connectivity index (χ3n) is 3.33. The van der Waals surface area contributed by atoms with Gasteiger partial charge in [-0.25, -0.2) is 4.39 Å². The van der Waals surface area contributed by atoms with Crippen LogP contribution in [0.2, 0.25) is 5.02 Å². The van der Waals surface area contributed by atoms with Crippen molar-refractivity contribution in [2.24, 2.45) is 12.8 Å². The summed E-state index contributed by atoms with van der Waals surface area (Å²) in [6.45, 7) is 4.04. The molecule has 2 N–H and O–H groups in total. The molecule has 1 aromatic heterocycles. The maximum Gasteiger partial charge on any atom is 0.131 e. The molecule has 1 heterocycles. The molecule has 4 nitrogen and oxygen atoms in total. The topological polar surface area (TPSA) is 53.1 Å². The molecule has 2 rings (SSSR count). The highest BCUT2D eigenvalue weighted by atomic mass is 35.5. The molecular formula is C15H19ClFN3O. The van der Waals surface area contributed by atoms with Gasteiger partial charge >= 0.3 is 0 Å². The Labute approximate surface area is 128 Å². The molecule has 0 aliphatic rings. The SMILES string of the molecule is CCc1nn(C)c(COc2ccc(F)cc2[C@@H](C)N)c1Cl. The van der Waals surface area contributed by atoms with E-state index in [1.54, 1.807) is 17.7 Å². The van der Waals surface area contributed by atoms with Crippen LogP contribution in [0, 0.1) is 5.82 Å². The van der Waals surface area contributed by atoms with E-state index in [0.717, 1.165) is 17.8 Å². The summed E-state index contributed by atoms with van der Waals surface area (Å²) < 4.78 is 20.8. The van der Waals surface area contributed by atoms with Gasteiger partial charge in [0.25, 0.3) is 0 Å². The number of nitrogens with zero attached hydrogens (tertiary/aromatic N) is 2. The first-order valence-electron chi connectivity index (χ1n) is 6.82. The molecule has 21 heavy (non-hydrogen) atoms. The smallest absolute Gasteiger partial charge is 0.131 e. The van der Waals surface area contributed by atoms with E-state index in [1.807, 2.05) is 14.0 Å². The first-order chi connectivity index (χ1) is 9.93. The molecule has 0 unspecified atom stereocenters. The molecule has 0 bridgehead atoms. The van der Waals surface area contributed by atoms with Gasteiger partial charge in [0.2, 0.25) is 0 Å². The van der Waals surface area contributed by atoms with E-state index in [1.165, 1.54) is 12.1 Å². The molecule has 114 valence electrons. The van der Waals surface area contributed by atoms with E-state index in [9.17, 15) is 4.39 Å². The predicted octanol–water partition coefficient (Wildman–Crippen LogP) is 3.37. The summed E-state index contributed by atoms with van der Waals surface area (Å²) in [4.78, 5) is 0. The Bertz CT molecular complexity index is 640. The predicted molar refractivity (Wildman–Crippen MR) is 80.9 cm³/mol. The van der Waals surface area contributed by atoms with Gasteiger partial charge in [-0.15, -0.1) is 0 Å². The van der Waals surface area contributed by atoms with Gasteiger partial charge in [-0.1, -0.05) is 18.5 Å². The van der Waals surface area contributed by atoms with Crippen molar-refractivity contribution in [1.82, 2.24) is 9.78 Å². The lowest BCUT2D eigenvalue weighted by Crippen LogP contribution is -2.10. The Hall–Kier alpha value is -1.59. The molecule has 1 aromatic carbocycles. The van der Waals surface area contributed by atoms with Gasteiger partial charge in [0.1, 0.15) is 18.2 Å². The minimum Gasteiger partial charge on any atom is -0.487 e. The second kappa shape index (κ2) is 6.45. The standard InChI is InChI=1S/C15H19ClFN3O/c1-4-12-15(16)13(20(3)19-12)8-21-14-6-5-10(17)7-11(14)9(2)18/h5-7,9H,4,8,18H2,1-3H3/t9-/m1/s1. The van der Waals surface area contributed by atoms with Crippen LogP contribution in [0.5, 0.6) is 5.75 Å². The summed E-state index contributed by atoms with van der Waals surface area (Å²) in [5, 5.41) is 4.95. The minimum atomic E-state index is -0.332. The molecule has 0 saturated carbocycles. The summed E-state index contributed by atoms with van der Waals surface area (Å²) in [5.41, 5.74) is 8.10. The zero-order chi connectivity index (χ0) is 15.6. The highest BCUT2D eigenvalue weighted by Crippen LogP contribution is 2.27. The maximum absolute atomic E-state index is 13.3. The highest BCUT2D eigenvalue weighted by molar-refractivity contribution is 6.31. The fourth-order valence-electron chi connectivity index (χ4n) is 2.13. The summed E-state index contributed by atoms with van der Waals surface area (Å²) >= 11 is 6.28. The number of ether oxygens (including phenoxy) is 1. The van der Waals surface area contributed by atoms with Crippen LogP contribution in [0.15, 0.2) is 18.2 Å². The number of rotatable bonds is 5. The number of hydrogen-bond donors (Lipinski definition) is 1. The zero-order valence-corrected chi connectivity index (χ0v) is 13.1. The van der Waals surface area contributed by atoms with E-state index in [-0.39, 0.29) is 18.5 Å². The van der Waals surface area contributed by atoms with E-state index in [0.29, 0.717) is 16.3 Å². The molecule has 0 amide bonds. The van der Waals surface area contributed by atoms with E-state index < -0.39 is 0 Å². The average molecular weight is 312 g/mol. The molecular weight excluding hydrogens is 293 g/mol. The Morgan fingerprint density at radius 2 is 2.19 bits per heavy atom. The summed E-state index contributed by atoms with van der Waals surface area (Å²) in [6.07, 6.45) is 0.758. The Kier molecular flexibility index (Phi) is 4.85. The molecule has 0 radical (unpaired) electrons. The fourth-order valence-corrected chi connectivity index (χ4v) is 2.48. The number of hydrogen-bond acceptors (Lipinski definition) is 3. The van der Waals surface area contributed by atoms with Crippen molar-refractivity contribution in [3.05, 3.63) is 46.0 Å². The second-order valence-electron chi connectivity index (χ2n) is 4.94. The third kappa shape index (κ3) is 3.36. The molecule has 0 aliphatic heterocycles. The lowest BCUT2D eigenvalue weighted by molar-refractivity contribution is 0.290. The maximum atomic E-state index is 13.3. The monoisotopic (exact) mass is 311 g/mol. The summed E-state index contributed by atoms with van der Waals surface area (Å²) in [5.74, 6) is 0.225. The van der Waals surface area contributed by atoms with Gasteiger partial charge in [-0.05, 0) is 31.5 Å². The second-order valence-corrected chi connectivity index (χ2v) is 5.32. The fraction of sp³-hybridized carbons (Fsp3) is 0.400. The van der Waals surface area contributed by atoms with E-state index >= 15 is 0 Å². The number of aryl methyl sites for hydroxylation is 2. The molecule has 0 saturated heterocycles.